The number of allylic oxidation sites excluding steroid dienone is 22. The first-order valence-corrected chi connectivity index (χ1v) is 34.7. The fourth-order valence-corrected chi connectivity index (χ4v) is 9.47. The van der Waals surface area contributed by atoms with Crippen LogP contribution in [0.25, 0.3) is 0 Å². The number of hydrogen-bond donors (Lipinski definition) is 0. The zero-order valence-electron chi connectivity index (χ0n) is 54.2. The monoisotopic (exact) mass is 1150 g/mol. The lowest BCUT2D eigenvalue weighted by Gasteiger charge is -2.18. The molecule has 0 aromatic rings. The molecule has 6 nitrogen and oxygen atoms in total. The van der Waals surface area contributed by atoms with Crippen LogP contribution in [0.3, 0.4) is 0 Å². The van der Waals surface area contributed by atoms with Crippen LogP contribution >= 0.6 is 0 Å². The van der Waals surface area contributed by atoms with Gasteiger partial charge in [-0.25, -0.2) is 0 Å². The van der Waals surface area contributed by atoms with Gasteiger partial charge in [0.25, 0.3) is 0 Å². The second kappa shape index (κ2) is 70.0. The molecule has 0 aliphatic rings. The summed E-state index contributed by atoms with van der Waals surface area (Å²) in [6, 6.07) is 0. The van der Waals surface area contributed by atoms with Gasteiger partial charge in [0.15, 0.2) is 6.10 Å². The van der Waals surface area contributed by atoms with E-state index in [4.69, 9.17) is 14.2 Å². The lowest BCUT2D eigenvalue weighted by atomic mass is 10.0. The highest BCUT2D eigenvalue weighted by Gasteiger charge is 2.19. The normalized spacial score (nSPS) is 13.0. The Hall–Kier alpha value is -4.45. The molecule has 0 aliphatic carbocycles. The van der Waals surface area contributed by atoms with E-state index in [0.29, 0.717) is 19.3 Å². The van der Waals surface area contributed by atoms with Crippen LogP contribution in [0.2, 0.25) is 0 Å². The van der Waals surface area contributed by atoms with Crippen molar-refractivity contribution >= 4 is 17.9 Å². The third kappa shape index (κ3) is 68.2. The minimum atomic E-state index is -0.802. The van der Waals surface area contributed by atoms with Gasteiger partial charge >= 0.3 is 17.9 Å². The van der Waals surface area contributed by atoms with Gasteiger partial charge in [0, 0.05) is 19.3 Å². The van der Waals surface area contributed by atoms with Gasteiger partial charge in [-0.15, -0.1) is 0 Å². The SMILES string of the molecule is CC/C=C\C/C=C\C/C=C\C/C=C\C/C=C\C/C=C\C/C=C\C/C=C\C/C=C\CCCCCC(=O)OCC(COC(=O)CCCCCCC/C=C\C/C=C\CCCCCC)OC(=O)CCCCCCCCCCCCCCCCCCCC. The Balaban J connectivity index is 4.42. The number of ether oxygens (including phenoxy) is 3. The molecule has 0 bridgehead atoms. The predicted octanol–water partition coefficient (Wildman–Crippen LogP) is 24.1. The molecule has 83 heavy (non-hydrogen) atoms. The molecule has 6 heteroatoms. The smallest absolute Gasteiger partial charge is 0.306 e. The highest BCUT2D eigenvalue weighted by Crippen LogP contribution is 2.16. The maximum absolute atomic E-state index is 12.9. The molecule has 0 rings (SSSR count). The van der Waals surface area contributed by atoms with Crippen LogP contribution in [0.5, 0.6) is 0 Å². The average molecular weight is 1150 g/mol. The fraction of sp³-hybridized carbons (Fsp3) is 0.675. The largest absolute Gasteiger partial charge is 0.462 e. The summed E-state index contributed by atoms with van der Waals surface area (Å²) < 4.78 is 16.9. The van der Waals surface area contributed by atoms with Crippen molar-refractivity contribution in [3.63, 3.8) is 0 Å². The van der Waals surface area contributed by atoms with Gasteiger partial charge in [-0.1, -0.05) is 309 Å². The standard InChI is InChI=1S/C77H128O6/c1-4-7-10-13-16-19-22-25-28-31-33-34-35-36-37-38-39-40-41-42-43-44-45-47-49-52-55-58-61-64-67-70-76(79)82-73-74(72-81-75(78)69-66-63-60-57-54-51-48-30-27-24-21-18-15-12-9-6-3)83-77(80)71-68-65-62-59-56-53-50-46-32-29-26-23-20-17-14-11-8-5-2/h7,10,16,19,21,24-25,28,30,33-34,36-37,39-40,42-43,45,47-48,52,55,74H,4-6,8-9,11-15,17-18,20,22-23,26-27,29,31-32,35,38,41,44,46,49-51,53-54,56-73H2,1-3H3/b10-7-,19-16-,24-21-,28-25-,34-33-,37-36-,40-39-,43-42-,47-45-,48-30-,55-52-. The van der Waals surface area contributed by atoms with Crippen molar-refractivity contribution < 1.29 is 28.6 Å². The second-order valence-corrected chi connectivity index (χ2v) is 22.7. The molecule has 0 spiro atoms. The average Bonchev–Trinajstić information content (AvgIpc) is 3.49. The first-order chi connectivity index (χ1) is 41.0. The van der Waals surface area contributed by atoms with Crippen molar-refractivity contribution in [2.45, 2.75) is 322 Å². The molecule has 1 atom stereocenters. The fourth-order valence-electron chi connectivity index (χ4n) is 9.47. The summed E-state index contributed by atoms with van der Waals surface area (Å²) in [5.41, 5.74) is 0. The van der Waals surface area contributed by atoms with Gasteiger partial charge in [-0.2, -0.15) is 0 Å². The van der Waals surface area contributed by atoms with Crippen LogP contribution < -0.4 is 0 Å². The molecular formula is C77H128O6. The molecule has 0 heterocycles. The van der Waals surface area contributed by atoms with Crippen molar-refractivity contribution in [3.8, 4) is 0 Å². The first kappa shape index (κ1) is 78.5. The van der Waals surface area contributed by atoms with Crippen LogP contribution in [-0.4, -0.2) is 37.2 Å². The topological polar surface area (TPSA) is 78.9 Å². The molecule has 1 unspecified atom stereocenters. The number of esters is 3. The van der Waals surface area contributed by atoms with Gasteiger partial charge in [-0.05, 0) is 122 Å². The van der Waals surface area contributed by atoms with Crippen molar-refractivity contribution in [3.05, 3.63) is 134 Å². The first-order valence-electron chi connectivity index (χ1n) is 34.7. The van der Waals surface area contributed by atoms with E-state index < -0.39 is 6.10 Å². The molecule has 0 radical (unpaired) electrons. The summed E-state index contributed by atoms with van der Waals surface area (Å²) in [4.78, 5) is 38.4. The number of carbonyl (C=O) groups excluding carboxylic acids is 3. The number of carbonyl (C=O) groups is 3. The zero-order valence-corrected chi connectivity index (χ0v) is 54.2. The maximum atomic E-state index is 12.9. The van der Waals surface area contributed by atoms with E-state index >= 15 is 0 Å². The maximum Gasteiger partial charge on any atom is 0.306 e. The van der Waals surface area contributed by atoms with E-state index in [1.807, 2.05) is 0 Å². The van der Waals surface area contributed by atoms with Crippen LogP contribution in [0, 0.1) is 0 Å². The minimum absolute atomic E-state index is 0.0966. The van der Waals surface area contributed by atoms with Gasteiger partial charge in [0.1, 0.15) is 13.2 Å². The molecule has 472 valence electrons. The molecule has 0 fully saturated rings. The van der Waals surface area contributed by atoms with E-state index in [0.717, 1.165) is 148 Å². The van der Waals surface area contributed by atoms with E-state index in [-0.39, 0.29) is 31.1 Å². The number of unbranched alkanes of at least 4 members (excludes halogenated alkanes) is 29. The molecule has 0 aliphatic heterocycles. The molecule has 0 saturated carbocycles. The zero-order chi connectivity index (χ0) is 59.9. The quantitative estimate of drug-likeness (QED) is 0.0261. The molecule has 0 aromatic heterocycles. The summed E-state index contributed by atoms with van der Waals surface area (Å²) in [5, 5.41) is 0. The minimum Gasteiger partial charge on any atom is -0.462 e. The summed E-state index contributed by atoms with van der Waals surface area (Å²) in [6.45, 7) is 6.50. The van der Waals surface area contributed by atoms with Crippen LogP contribution in [0.1, 0.15) is 316 Å². The third-order valence-corrected chi connectivity index (χ3v) is 14.6. The Morgan fingerprint density at radius 1 is 0.253 bits per heavy atom. The Morgan fingerprint density at radius 2 is 0.470 bits per heavy atom. The molecule has 0 amide bonds. The lowest BCUT2D eigenvalue weighted by Crippen LogP contribution is -2.30. The van der Waals surface area contributed by atoms with E-state index in [9.17, 15) is 14.4 Å². The summed E-state index contributed by atoms with van der Waals surface area (Å²) >= 11 is 0. The van der Waals surface area contributed by atoms with Gasteiger partial charge in [-0.3, -0.25) is 14.4 Å². The second-order valence-electron chi connectivity index (χ2n) is 22.7. The number of hydrogen-bond acceptors (Lipinski definition) is 6. The molecule has 0 aromatic carbocycles. The van der Waals surface area contributed by atoms with Gasteiger partial charge in [0.05, 0.1) is 0 Å². The van der Waals surface area contributed by atoms with Gasteiger partial charge < -0.3 is 14.2 Å². The lowest BCUT2D eigenvalue weighted by molar-refractivity contribution is -0.167. The van der Waals surface area contributed by atoms with Crippen LogP contribution in [0.15, 0.2) is 134 Å². The van der Waals surface area contributed by atoms with E-state index in [1.54, 1.807) is 0 Å². The summed E-state index contributed by atoms with van der Waals surface area (Å²) in [7, 11) is 0. The number of rotatable bonds is 62. The van der Waals surface area contributed by atoms with Crippen LogP contribution in [0.4, 0.5) is 0 Å². The van der Waals surface area contributed by atoms with Gasteiger partial charge in [0.2, 0.25) is 0 Å². The molecular weight excluding hydrogens is 1020 g/mol. The van der Waals surface area contributed by atoms with Crippen molar-refractivity contribution in [2.24, 2.45) is 0 Å². The highest BCUT2D eigenvalue weighted by atomic mass is 16.6. The third-order valence-electron chi connectivity index (χ3n) is 14.6. The molecule has 0 saturated heterocycles. The highest BCUT2D eigenvalue weighted by molar-refractivity contribution is 5.71. The summed E-state index contributed by atoms with van der Waals surface area (Å²) in [5.74, 6) is -0.933. The predicted molar refractivity (Wildman–Crippen MR) is 362 cm³/mol. The summed E-state index contributed by atoms with van der Waals surface area (Å²) in [6.07, 6.45) is 98.9. The van der Waals surface area contributed by atoms with Crippen molar-refractivity contribution in [2.75, 3.05) is 13.2 Å². The van der Waals surface area contributed by atoms with Crippen molar-refractivity contribution in [1.29, 1.82) is 0 Å². The Bertz CT molecular complexity index is 1750. The molecule has 0 N–H and O–H groups in total. The Morgan fingerprint density at radius 3 is 0.759 bits per heavy atom. The van der Waals surface area contributed by atoms with Crippen LogP contribution in [-0.2, 0) is 28.6 Å². The van der Waals surface area contributed by atoms with E-state index in [1.165, 1.54) is 128 Å². The Kier molecular flexibility index (Phi) is 66.3. The van der Waals surface area contributed by atoms with Crippen molar-refractivity contribution in [1.82, 2.24) is 0 Å². The Labute approximate surface area is 513 Å². The van der Waals surface area contributed by atoms with E-state index in [2.05, 4.69) is 154 Å².